The number of carbonyl (C=O) groups excluding carboxylic acids is 1. The Morgan fingerprint density at radius 2 is 1.97 bits per heavy atom. The van der Waals surface area contributed by atoms with Crippen molar-refractivity contribution in [1.82, 2.24) is 9.55 Å². The fraction of sp³-hybridized carbons (Fsp3) is 0.318. The molecule has 4 rings (SSSR count). The second-order valence-corrected chi connectivity index (χ2v) is 7.48. The maximum Gasteiger partial charge on any atom is 0.350 e. The minimum absolute atomic E-state index is 0.202. The quantitative estimate of drug-likeness (QED) is 0.689. The van der Waals surface area contributed by atoms with E-state index in [-0.39, 0.29) is 6.54 Å². The number of halogens is 1. The molecule has 2 aromatic carbocycles. The van der Waals surface area contributed by atoms with Gasteiger partial charge < -0.3 is 10.6 Å². The van der Waals surface area contributed by atoms with Gasteiger partial charge in [-0.1, -0.05) is 31.0 Å². The number of nitrogens with one attached hydrogen (secondary N) is 2. The summed E-state index contributed by atoms with van der Waals surface area (Å²) in [5, 5.41) is 6.87. The lowest BCUT2D eigenvalue weighted by Gasteiger charge is -2.17. The van der Waals surface area contributed by atoms with Crippen LogP contribution in [0.2, 0.25) is 0 Å². The van der Waals surface area contributed by atoms with Crippen LogP contribution in [0.5, 0.6) is 0 Å². The second kappa shape index (κ2) is 8.03. The molecule has 1 aliphatic rings. The summed E-state index contributed by atoms with van der Waals surface area (Å²) in [6, 6.07) is 11.9. The summed E-state index contributed by atoms with van der Waals surface area (Å²) in [5.74, 6) is -0.281. The smallest absolute Gasteiger partial charge is 0.350 e. The highest BCUT2D eigenvalue weighted by Gasteiger charge is 2.19. The third kappa shape index (κ3) is 4.13. The number of hydrogen-bond acceptors (Lipinski definition) is 4. The lowest BCUT2D eigenvalue weighted by molar-refractivity contribution is -0.116. The van der Waals surface area contributed by atoms with Crippen LogP contribution in [-0.4, -0.2) is 21.5 Å². The molecular formula is C22H23FN4O2. The number of aryl methyl sites for hydroxylation is 1. The van der Waals surface area contributed by atoms with E-state index in [4.69, 9.17) is 0 Å². The molecule has 1 saturated carbocycles. The molecule has 0 spiro atoms. The van der Waals surface area contributed by atoms with Crippen molar-refractivity contribution in [2.75, 3.05) is 10.6 Å². The maximum absolute atomic E-state index is 13.5. The Morgan fingerprint density at radius 3 is 2.76 bits per heavy atom. The van der Waals surface area contributed by atoms with Crippen LogP contribution in [0.4, 0.5) is 15.9 Å². The highest BCUT2D eigenvalue weighted by molar-refractivity contribution is 5.94. The lowest BCUT2D eigenvalue weighted by atomic mass is 10.2. The number of benzene rings is 2. The number of hydrogen-bond donors (Lipinski definition) is 2. The topological polar surface area (TPSA) is 76.0 Å². The Morgan fingerprint density at radius 1 is 1.21 bits per heavy atom. The molecule has 7 heteroatoms. The zero-order chi connectivity index (χ0) is 20.4. The number of fused-ring (bicyclic) bond motifs is 1. The Kier molecular flexibility index (Phi) is 5.29. The van der Waals surface area contributed by atoms with Crippen molar-refractivity contribution in [1.29, 1.82) is 0 Å². The molecule has 1 aromatic heterocycles. The molecule has 1 aliphatic carbocycles. The molecule has 0 bridgehead atoms. The van der Waals surface area contributed by atoms with Crippen molar-refractivity contribution in [3.05, 3.63) is 64.3 Å². The van der Waals surface area contributed by atoms with E-state index in [9.17, 15) is 14.0 Å². The van der Waals surface area contributed by atoms with E-state index in [1.165, 1.54) is 29.5 Å². The highest BCUT2D eigenvalue weighted by Crippen LogP contribution is 2.25. The van der Waals surface area contributed by atoms with Gasteiger partial charge in [0.2, 0.25) is 5.91 Å². The molecule has 1 amide bonds. The summed E-state index contributed by atoms with van der Waals surface area (Å²) in [6.45, 7) is 1.58. The van der Waals surface area contributed by atoms with Crippen molar-refractivity contribution in [3.63, 3.8) is 0 Å². The van der Waals surface area contributed by atoms with E-state index in [1.54, 1.807) is 19.1 Å². The lowest BCUT2D eigenvalue weighted by Crippen LogP contribution is -2.31. The van der Waals surface area contributed by atoms with Gasteiger partial charge in [0.1, 0.15) is 18.2 Å². The second-order valence-electron chi connectivity index (χ2n) is 7.48. The molecule has 1 heterocycles. The summed E-state index contributed by atoms with van der Waals surface area (Å²) >= 11 is 0. The normalized spacial score (nSPS) is 14.3. The van der Waals surface area contributed by atoms with E-state index < -0.39 is 17.4 Å². The average molecular weight is 394 g/mol. The predicted molar refractivity (Wildman–Crippen MR) is 112 cm³/mol. The molecule has 0 radical (unpaired) electrons. The monoisotopic (exact) mass is 394 g/mol. The van der Waals surface area contributed by atoms with Gasteiger partial charge in [-0.15, -0.1) is 0 Å². The minimum atomic E-state index is -0.490. The molecule has 2 N–H and O–H groups in total. The maximum atomic E-state index is 13.5. The summed E-state index contributed by atoms with van der Waals surface area (Å²) in [5.41, 5.74) is 1.28. The predicted octanol–water partition coefficient (Wildman–Crippen LogP) is 3.84. The Bertz CT molecular complexity index is 1120. The number of anilines is 2. The molecule has 3 aromatic rings. The number of nitrogens with zero attached hydrogens (tertiary/aromatic N) is 2. The Balaban J connectivity index is 1.63. The van der Waals surface area contributed by atoms with E-state index in [0.717, 1.165) is 23.8 Å². The number of carbonyl (C=O) groups is 1. The van der Waals surface area contributed by atoms with Crippen LogP contribution in [0.25, 0.3) is 10.9 Å². The first kappa shape index (κ1) is 19.1. The van der Waals surface area contributed by atoms with Gasteiger partial charge in [-0.05, 0) is 49.6 Å². The molecule has 0 saturated heterocycles. The number of para-hydroxylation sites is 1. The number of rotatable bonds is 5. The molecule has 1 fully saturated rings. The molecule has 29 heavy (non-hydrogen) atoms. The van der Waals surface area contributed by atoms with Gasteiger partial charge >= 0.3 is 5.69 Å². The molecule has 0 aliphatic heterocycles. The van der Waals surface area contributed by atoms with Gasteiger partial charge in [0.15, 0.2) is 0 Å². The van der Waals surface area contributed by atoms with E-state index in [1.807, 2.05) is 18.2 Å². The van der Waals surface area contributed by atoms with Crippen LogP contribution in [0.15, 0.2) is 47.3 Å². The average Bonchev–Trinajstić information content (AvgIpc) is 3.21. The van der Waals surface area contributed by atoms with Gasteiger partial charge in [-0.25, -0.2) is 9.18 Å². The van der Waals surface area contributed by atoms with Crippen molar-refractivity contribution >= 4 is 28.3 Å². The van der Waals surface area contributed by atoms with Crippen LogP contribution in [-0.2, 0) is 11.3 Å². The zero-order valence-corrected chi connectivity index (χ0v) is 16.2. The first-order chi connectivity index (χ1) is 14.0. The summed E-state index contributed by atoms with van der Waals surface area (Å²) in [7, 11) is 0. The molecule has 0 unspecified atom stereocenters. The van der Waals surface area contributed by atoms with Crippen LogP contribution in [0, 0.1) is 12.7 Å². The van der Waals surface area contributed by atoms with E-state index in [0.29, 0.717) is 23.1 Å². The van der Waals surface area contributed by atoms with E-state index >= 15 is 0 Å². The van der Waals surface area contributed by atoms with Crippen LogP contribution < -0.4 is 16.3 Å². The third-order valence-corrected chi connectivity index (χ3v) is 5.36. The van der Waals surface area contributed by atoms with Crippen LogP contribution in [0.3, 0.4) is 0 Å². The van der Waals surface area contributed by atoms with Gasteiger partial charge in [-0.3, -0.25) is 9.36 Å². The zero-order valence-electron chi connectivity index (χ0n) is 16.2. The van der Waals surface area contributed by atoms with Crippen molar-refractivity contribution in [3.8, 4) is 0 Å². The van der Waals surface area contributed by atoms with Gasteiger partial charge in [0, 0.05) is 17.1 Å². The minimum Gasteiger partial charge on any atom is -0.367 e. The summed E-state index contributed by atoms with van der Waals surface area (Å²) in [4.78, 5) is 29.5. The highest BCUT2D eigenvalue weighted by atomic mass is 19.1. The standard InChI is InChI=1S/C22H23FN4O2/c1-14-10-11-15(23)12-18(14)25-20(28)13-27-19-9-5-4-8-17(19)21(26-22(27)29)24-16-6-2-3-7-16/h4-5,8-12,16H,2-3,6-7,13H2,1H3,(H,25,28)(H,24,26,29). The molecular weight excluding hydrogens is 371 g/mol. The Hall–Kier alpha value is -3.22. The molecule has 0 atom stereocenters. The number of amides is 1. The molecule has 6 nitrogen and oxygen atoms in total. The first-order valence-corrected chi connectivity index (χ1v) is 9.83. The fourth-order valence-corrected chi connectivity index (χ4v) is 3.82. The fourth-order valence-electron chi connectivity index (χ4n) is 3.82. The summed E-state index contributed by atoms with van der Waals surface area (Å²) in [6.07, 6.45) is 4.47. The van der Waals surface area contributed by atoms with Gasteiger partial charge in [0.05, 0.1) is 5.52 Å². The summed E-state index contributed by atoms with van der Waals surface area (Å²) < 4.78 is 14.8. The van der Waals surface area contributed by atoms with Gasteiger partial charge in [0.25, 0.3) is 0 Å². The van der Waals surface area contributed by atoms with Crippen molar-refractivity contribution < 1.29 is 9.18 Å². The van der Waals surface area contributed by atoms with E-state index in [2.05, 4.69) is 15.6 Å². The van der Waals surface area contributed by atoms with Crippen molar-refractivity contribution in [2.24, 2.45) is 0 Å². The largest absolute Gasteiger partial charge is 0.367 e. The van der Waals surface area contributed by atoms with Crippen LogP contribution >= 0.6 is 0 Å². The third-order valence-electron chi connectivity index (χ3n) is 5.36. The molecule has 150 valence electrons. The SMILES string of the molecule is Cc1ccc(F)cc1NC(=O)Cn1c(=O)nc(NC2CCCC2)c2ccccc21. The number of aromatic nitrogens is 2. The van der Waals surface area contributed by atoms with Gasteiger partial charge in [-0.2, -0.15) is 4.98 Å². The van der Waals surface area contributed by atoms with Crippen LogP contribution in [0.1, 0.15) is 31.2 Å². The van der Waals surface area contributed by atoms with Crippen molar-refractivity contribution in [2.45, 2.75) is 45.2 Å². The first-order valence-electron chi connectivity index (χ1n) is 9.83. The Labute approximate surface area is 167 Å².